The summed E-state index contributed by atoms with van der Waals surface area (Å²) in [4.78, 5) is 10.8. The minimum absolute atomic E-state index is 0.0847. The molecule has 1 aromatic carbocycles. The van der Waals surface area contributed by atoms with Crippen LogP contribution >= 0.6 is 0 Å². The van der Waals surface area contributed by atoms with Gasteiger partial charge in [-0.15, -0.1) is 0 Å². The molecule has 2 rings (SSSR count). The maximum Gasteiger partial charge on any atom is 0.335 e. The van der Waals surface area contributed by atoms with Crippen molar-refractivity contribution in [2.45, 2.75) is 6.61 Å². The molecule has 0 unspecified atom stereocenters. The van der Waals surface area contributed by atoms with E-state index in [0.717, 1.165) is 0 Å². The Morgan fingerprint density at radius 1 is 1.44 bits per heavy atom. The molecule has 0 aliphatic rings. The van der Waals surface area contributed by atoms with Gasteiger partial charge in [-0.05, 0) is 18.2 Å². The normalized spacial score (nSPS) is 10.3. The van der Waals surface area contributed by atoms with Gasteiger partial charge in [0.25, 0.3) is 0 Å². The molecule has 82 valence electrons. The molecule has 0 saturated carbocycles. The summed E-state index contributed by atoms with van der Waals surface area (Å²) in [7, 11) is 0. The van der Waals surface area contributed by atoms with Gasteiger partial charge in [-0.25, -0.2) is 9.48 Å². The molecular weight excluding hydrogens is 208 g/mol. The first-order chi connectivity index (χ1) is 7.70. The molecule has 1 aromatic heterocycles. The monoisotopic (exact) mass is 218 g/mol. The molecule has 16 heavy (non-hydrogen) atoms. The average Bonchev–Trinajstić information content (AvgIpc) is 2.77. The Morgan fingerprint density at radius 2 is 2.25 bits per heavy atom. The second-order valence-electron chi connectivity index (χ2n) is 3.31. The van der Waals surface area contributed by atoms with E-state index in [4.69, 9.17) is 10.2 Å². The first-order valence-electron chi connectivity index (χ1n) is 4.69. The number of aromatic nitrogens is 2. The number of aliphatic hydroxyl groups excluding tert-OH is 1. The molecule has 0 spiro atoms. The molecule has 0 amide bonds. The number of hydrogen-bond acceptors (Lipinski definition) is 3. The Balaban J connectivity index is 2.40. The number of carboxylic acids is 1. The lowest BCUT2D eigenvalue weighted by Crippen LogP contribution is -2.00. The lowest BCUT2D eigenvalue weighted by molar-refractivity contribution is 0.0697. The molecule has 0 atom stereocenters. The van der Waals surface area contributed by atoms with Crippen LogP contribution in [0.2, 0.25) is 0 Å². The summed E-state index contributed by atoms with van der Waals surface area (Å²) in [5.74, 6) is -0.976. The van der Waals surface area contributed by atoms with Gasteiger partial charge >= 0.3 is 5.97 Å². The number of aromatic carboxylic acids is 1. The second kappa shape index (κ2) is 4.16. The van der Waals surface area contributed by atoms with Crippen molar-refractivity contribution in [1.29, 1.82) is 0 Å². The van der Waals surface area contributed by atoms with Crippen molar-refractivity contribution in [3.8, 4) is 5.69 Å². The summed E-state index contributed by atoms with van der Waals surface area (Å²) in [6.07, 6.45) is 3.19. The van der Waals surface area contributed by atoms with Gasteiger partial charge in [0.1, 0.15) is 0 Å². The second-order valence-corrected chi connectivity index (χ2v) is 3.31. The average molecular weight is 218 g/mol. The third kappa shape index (κ3) is 1.94. The Kier molecular flexibility index (Phi) is 2.70. The Bertz CT molecular complexity index is 519. The summed E-state index contributed by atoms with van der Waals surface area (Å²) >= 11 is 0. The number of aliphatic hydroxyl groups is 1. The van der Waals surface area contributed by atoms with Gasteiger partial charge in [0.2, 0.25) is 0 Å². The van der Waals surface area contributed by atoms with Gasteiger partial charge in [0.05, 0.1) is 24.1 Å². The van der Waals surface area contributed by atoms with Crippen LogP contribution in [0.3, 0.4) is 0 Å². The van der Waals surface area contributed by atoms with Gasteiger partial charge in [0, 0.05) is 11.8 Å². The highest BCUT2D eigenvalue weighted by molar-refractivity contribution is 5.88. The van der Waals surface area contributed by atoms with Gasteiger partial charge < -0.3 is 10.2 Å². The van der Waals surface area contributed by atoms with Crippen LogP contribution in [-0.2, 0) is 6.61 Å². The maximum absolute atomic E-state index is 10.8. The topological polar surface area (TPSA) is 75.3 Å². The molecule has 0 fully saturated rings. The highest BCUT2D eigenvalue weighted by atomic mass is 16.4. The standard InChI is InChI=1S/C11H10N2O3/c14-7-8-5-12-13(6-8)10-3-1-2-9(4-10)11(15)16/h1-6,14H,7H2,(H,15,16). The molecule has 2 aromatic rings. The molecule has 0 aliphatic carbocycles. The molecule has 2 N–H and O–H groups in total. The number of carboxylic acid groups (broad SMARTS) is 1. The van der Waals surface area contributed by atoms with E-state index in [1.165, 1.54) is 23.0 Å². The van der Waals surface area contributed by atoms with E-state index < -0.39 is 5.97 Å². The lowest BCUT2D eigenvalue weighted by atomic mass is 10.2. The molecular formula is C11H10N2O3. The molecule has 0 radical (unpaired) electrons. The summed E-state index contributed by atoms with van der Waals surface area (Å²) in [6.45, 7) is -0.0847. The van der Waals surface area contributed by atoms with Gasteiger partial charge in [0.15, 0.2) is 0 Å². The maximum atomic E-state index is 10.8. The number of hydrogen-bond donors (Lipinski definition) is 2. The van der Waals surface area contributed by atoms with Crippen LogP contribution in [-0.4, -0.2) is 26.0 Å². The molecule has 0 aliphatic heterocycles. The van der Waals surface area contributed by atoms with E-state index in [1.807, 2.05) is 0 Å². The molecule has 0 saturated heterocycles. The van der Waals surface area contributed by atoms with Crippen LogP contribution < -0.4 is 0 Å². The minimum atomic E-state index is -0.976. The highest BCUT2D eigenvalue weighted by Crippen LogP contribution is 2.11. The van der Waals surface area contributed by atoms with Crippen molar-refractivity contribution in [2.24, 2.45) is 0 Å². The summed E-state index contributed by atoms with van der Waals surface area (Å²) in [5, 5.41) is 21.8. The Morgan fingerprint density at radius 3 is 2.88 bits per heavy atom. The largest absolute Gasteiger partial charge is 0.478 e. The molecule has 1 heterocycles. The van der Waals surface area contributed by atoms with Gasteiger partial charge in [-0.3, -0.25) is 0 Å². The van der Waals surface area contributed by atoms with E-state index in [0.29, 0.717) is 11.3 Å². The van der Waals surface area contributed by atoms with Gasteiger partial charge in [-0.2, -0.15) is 5.10 Å². The highest BCUT2D eigenvalue weighted by Gasteiger charge is 2.05. The van der Waals surface area contributed by atoms with Crippen molar-refractivity contribution in [1.82, 2.24) is 9.78 Å². The van der Waals surface area contributed by atoms with Crippen molar-refractivity contribution in [3.63, 3.8) is 0 Å². The fraction of sp³-hybridized carbons (Fsp3) is 0.0909. The first-order valence-corrected chi connectivity index (χ1v) is 4.69. The quantitative estimate of drug-likeness (QED) is 0.807. The predicted molar refractivity (Wildman–Crippen MR) is 56.4 cm³/mol. The number of rotatable bonds is 3. The number of carbonyl (C=O) groups is 1. The van der Waals surface area contributed by atoms with Crippen molar-refractivity contribution < 1.29 is 15.0 Å². The molecule has 5 heteroatoms. The minimum Gasteiger partial charge on any atom is -0.478 e. The van der Waals surface area contributed by atoms with Crippen molar-refractivity contribution >= 4 is 5.97 Å². The summed E-state index contributed by atoms with van der Waals surface area (Å²) < 4.78 is 1.53. The fourth-order valence-corrected chi connectivity index (χ4v) is 1.36. The zero-order chi connectivity index (χ0) is 11.5. The summed E-state index contributed by atoms with van der Waals surface area (Å²) in [5.41, 5.74) is 1.54. The van der Waals surface area contributed by atoms with E-state index in [1.54, 1.807) is 18.3 Å². The van der Waals surface area contributed by atoms with E-state index in [9.17, 15) is 4.79 Å². The van der Waals surface area contributed by atoms with E-state index in [2.05, 4.69) is 5.10 Å². The third-order valence-electron chi connectivity index (χ3n) is 2.18. The smallest absolute Gasteiger partial charge is 0.335 e. The SMILES string of the molecule is O=C(O)c1cccc(-n2cc(CO)cn2)c1. The third-order valence-corrected chi connectivity index (χ3v) is 2.18. The van der Waals surface area contributed by atoms with Crippen LogP contribution in [0.25, 0.3) is 5.69 Å². The zero-order valence-electron chi connectivity index (χ0n) is 8.37. The van der Waals surface area contributed by atoms with Crippen LogP contribution in [0.5, 0.6) is 0 Å². The molecule has 0 bridgehead atoms. The van der Waals surface area contributed by atoms with Crippen LogP contribution in [0, 0.1) is 0 Å². The first kappa shape index (κ1) is 10.4. The van der Waals surface area contributed by atoms with E-state index in [-0.39, 0.29) is 12.2 Å². The Labute approximate surface area is 91.6 Å². The fourth-order valence-electron chi connectivity index (χ4n) is 1.36. The number of nitrogens with zero attached hydrogens (tertiary/aromatic N) is 2. The van der Waals surface area contributed by atoms with E-state index >= 15 is 0 Å². The summed E-state index contributed by atoms with van der Waals surface area (Å²) in [6, 6.07) is 6.44. The lowest BCUT2D eigenvalue weighted by Gasteiger charge is -2.01. The van der Waals surface area contributed by atoms with Crippen LogP contribution in [0.4, 0.5) is 0 Å². The van der Waals surface area contributed by atoms with Crippen LogP contribution in [0.15, 0.2) is 36.7 Å². The predicted octanol–water partition coefficient (Wildman–Crippen LogP) is 1.06. The van der Waals surface area contributed by atoms with Crippen LogP contribution in [0.1, 0.15) is 15.9 Å². The number of benzene rings is 1. The van der Waals surface area contributed by atoms with Crippen molar-refractivity contribution in [3.05, 3.63) is 47.8 Å². The van der Waals surface area contributed by atoms with Crippen molar-refractivity contribution in [2.75, 3.05) is 0 Å². The van der Waals surface area contributed by atoms with Gasteiger partial charge in [-0.1, -0.05) is 6.07 Å². The zero-order valence-corrected chi connectivity index (χ0v) is 8.37. The Hall–Kier alpha value is -2.14. The molecule has 5 nitrogen and oxygen atoms in total.